The summed E-state index contributed by atoms with van der Waals surface area (Å²) >= 11 is 0. The van der Waals surface area contributed by atoms with Crippen molar-refractivity contribution < 1.29 is 14.9 Å². The molecule has 1 saturated heterocycles. The minimum absolute atomic E-state index is 0.229. The average Bonchev–Trinajstić information content (AvgIpc) is 2.39. The van der Waals surface area contributed by atoms with Crippen molar-refractivity contribution >= 4 is 6.08 Å². The van der Waals surface area contributed by atoms with E-state index in [4.69, 9.17) is 4.74 Å². The van der Waals surface area contributed by atoms with Crippen molar-refractivity contribution in [3.05, 3.63) is 35.9 Å². The lowest BCUT2D eigenvalue weighted by Gasteiger charge is -2.27. The number of para-hydroxylation sites is 1. The average molecular weight is 249 g/mol. The van der Waals surface area contributed by atoms with Crippen LogP contribution in [0.5, 0.6) is 5.75 Å². The summed E-state index contributed by atoms with van der Waals surface area (Å²) in [5.74, 6) is 0.229. The number of β-amino-alcohol motifs (C(OH)–C–C–N with tert-alkyl or cyclic N) is 1. The Morgan fingerprint density at radius 2 is 2.00 bits per heavy atom. The number of phenols is 1. The van der Waals surface area contributed by atoms with Gasteiger partial charge in [-0.2, -0.15) is 0 Å². The van der Waals surface area contributed by atoms with E-state index in [1.165, 1.54) is 0 Å². The van der Waals surface area contributed by atoms with Gasteiger partial charge in [-0.05, 0) is 6.07 Å². The molecule has 98 valence electrons. The summed E-state index contributed by atoms with van der Waals surface area (Å²) in [5, 5.41) is 19.5. The molecule has 4 nitrogen and oxygen atoms in total. The van der Waals surface area contributed by atoms with Crippen LogP contribution in [-0.2, 0) is 4.74 Å². The topological polar surface area (TPSA) is 52.9 Å². The third-order valence-electron chi connectivity index (χ3n) is 2.98. The van der Waals surface area contributed by atoms with Crippen LogP contribution in [0.1, 0.15) is 5.56 Å². The van der Waals surface area contributed by atoms with E-state index in [2.05, 4.69) is 4.90 Å². The maximum Gasteiger partial charge on any atom is 0.122 e. The fourth-order valence-corrected chi connectivity index (χ4v) is 1.95. The zero-order valence-corrected chi connectivity index (χ0v) is 10.3. The first-order chi connectivity index (χ1) is 8.75. The molecule has 1 aliphatic heterocycles. The third kappa shape index (κ3) is 3.84. The van der Waals surface area contributed by atoms with E-state index >= 15 is 0 Å². The normalized spacial score (nSPS) is 19.2. The molecule has 1 unspecified atom stereocenters. The number of hydrogen-bond acceptors (Lipinski definition) is 4. The van der Waals surface area contributed by atoms with Crippen LogP contribution in [0.3, 0.4) is 0 Å². The summed E-state index contributed by atoms with van der Waals surface area (Å²) in [4.78, 5) is 2.17. The van der Waals surface area contributed by atoms with Crippen molar-refractivity contribution in [1.82, 2.24) is 4.90 Å². The lowest BCUT2D eigenvalue weighted by Crippen LogP contribution is -2.40. The molecule has 0 radical (unpaired) electrons. The molecule has 1 atom stereocenters. The molecule has 0 saturated carbocycles. The number of benzene rings is 1. The molecule has 0 bridgehead atoms. The van der Waals surface area contributed by atoms with Gasteiger partial charge >= 0.3 is 0 Å². The van der Waals surface area contributed by atoms with Crippen molar-refractivity contribution in [1.29, 1.82) is 0 Å². The summed E-state index contributed by atoms with van der Waals surface area (Å²) in [7, 11) is 0. The first kappa shape index (κ1) is 13.1. The van der Waals surface area contributed by atoms with Crippen molar-refractivity contribution in [3.63, 3.8) is 0 Å². The van der Waals surface area contributed by atoms with Gasteiger partial charge in [0.05, 0.1) is 19.3 Å². The van der Waals surface area contributed by atoms with Crippen LogP contribution in [-0.4, -0.2) is 54.1 Å². The second kappa shape index (κ2) is 6.54. The van der Waals surface area contributed by atoms with Crippen LogP contribution in [0, 0.1) is 0 Å². The number of phenolic OH excluding ortho intramolecular Hbond substituents is 1. The van der Waals surface area contributed by atoms with Gasteiger partial charge in [0.2, 0.25) is 0 Å². The van der Waals surface area contributed by atoms with E-state index in [0.717, 1.165) is 31.9 Å². The zero-order chi connectivity index (χ0) is 12.8. The highest BCUT2D eigenvalue weighted by molar-refractivity contribution is 5.56. The molecule has 18 heavy (non-hydrogen) atoms. The largest absolute Gasteiger partial charge is 0.507 e. The second-order valence-electron chi connectivity index (χ2n) is 4.40. The van der Waals surface area contributed by atoms with Crippen LogP contribution >= 0.6 is 0 Å². The third-order valence-corrected chi connectivity index (χ3v) is 2.98. The molecule has 1 aromatic rings. The number of aliphatic hydroxyl groups excluding tert-OH is 1. The number of hydrogen-bond donors (Lipinski definition) is 2. The number of morpholine rings is 1. The van der Waals surface area contributed by atoms with Gasteiger partial charge < -0.3 is 14.9 Å². The first-order valence-electron chi connectivity index (χ1n) is 6.20. The van der Waals surface area contributed by atoms with Crippen molar-refractivity contribution in [2.75, 3.05) is 32.8 Å². The molecule has 0 aromatic heterocycles. The molecule has 0 aliphatic carbocycles. The van der Waals surface area contributed by atoms with Gasteiger partial charge in [0.15, 0.2) is 0 Å². The van der Waals surface area contributed by atoms with E-state index in [9.17, 15) is 10.2 Å². The Bertz CT molecular complexity index is 400. The monoisotopic (exact) mass is 249 g/mol. The van der Waals surface area contributed by atoms with Crippen LogP contribution < -0.4 is 0 Å². The summed E-state index contributed by atoms with van der Waals surface area (Å²) in [6, 6.07) is 7.08. The lowest BCUT2D eigenvalue weighted by atomic mass is 10.1. The molecule has 4 heteroatoms. The number of ether oxygens (including phenoxy) is 1. The molecule has 1 fully saturated rings. The molecular formula is C14H19NO3. The minimum Gasteiger partial charge on any atom is -0.507 e. The highest BCUT2D eigenvalue weighted by Gasteiger charge is 2.12. The molecule has 1 aliphatic rings. The van der Waals surface area contributed by atoms with E-state index in [1.807, 2.05) is 12.1 Å². The lowest BCUT2D eigenvalue weighted by molar-refractivity contribution is 0.0223. The second-order valence-corrected chi connectivity index (χ2v) is 4.40. The van der Waals surface area contributed by atoms with Crippen molar-refractivity contribution in [2.45, 2.75) is 6.10 Å². The molecule has 2 rings (SSSR count). The summed E-state index contributed by atoms with van der Waals surface area (Å²) in [6.07, 6.45) is 2.94. The van der Waals surface area contributed by atoms with Crippen LogP contribution in [0.15, 0.2) is 30.3 Å². The Morgan fingerprint density at radius 3 is 2.72 bits per heavy atom. The van der Waals surface area contributed by atoms with Gasteiger partial charge in [0.25, 0.3) is 0 Å². The van der Waals surface area contributed by atoms with Crippen LogP contribution in [0.25, 0.3) is 6.08 Å². The number of rotatable bonds is 4. The standard InChI is InChI=1S/C14H19NO3/c16-13(11-15-7-9-18-10-8-15)6-5-12-3-1-2-4-14(12)17/h1-6,13,16-17H,7-11H2/b6-5-. The van der Waals surface area contributed by atoms with Gasteiger partial charge in [0.1, 0.15) is 5.75 Å². The van der Waals surface area contributed by atoms with Gasteiger partial charge in [-0.25, -0.2) is 0 Å². The van der Waals surface area contributed by atoms with Gasteiger partial charge in [-0.3, -0.25) is 4.90 Å². The van der Waals surface area contributed by atoms with Gasteiger partial charge in [-0.15, -0.1) is 0 Å². The van der Waals surface area contributed by atoms with E-state index in [1.54, 1.807) is 24.3 Å². The molecule has 0 amide bonds. The predicted molar refractivity (Wildman–Crippen MR) is 70.4 cm³/mol. The highest BCUT2D eigenvalue weighted by Crippen LogP contribution is 2.17. The molecular weight excluding hydrogens is 230 g/mol. The van der Waals surface area contributed by atoms with E-state index in [0.29, 0.717) is 6.54 Å². The Morgan fingerprint density at radius 1 is 1.28 bits per heavy atom. The molecule has 1 aromatic carbocycles. The fourth-order valence-electron chi connectivity index (χ4n) is 1.95. The number of aromatic hydroxyl groups is 1. The molecule has 0 spiro atoms. The van der Waals surface area contributed by atoms with E-state index < -0.39 is 6.10 Å². The Labute approximate surface area is 107 Å². The Hall–Kier alpha value is -1.36. The summed E-state index contributed by atoms with van der Waals surface area (Å²) < 4.78 is 5.25. The highest BCUT2D eigenvalue weighted by atomic mass is 16.5. The van der Waals surface area contributed by atoms with Crippen LogP contribution in [0.4, 0.5) is 0 Å². The number of aliphatic hydroxyl groups is 1. The summed E-state index contributed by atoms with van der Waals surface area (Å²) in [5.41, 5.74) is 0.721. The molecule has 2 N–H and O–H groups in total. The number of nitrogens with zero attached hydrogens (tertiary/aromatic N) is 1. The van der Waals surface area contributed by atoms with Crippen molar-refractivity contribution in [2.24, 2.45) is 0 Å². The predicted octanol–water partition coefficient (Wildman–Crippen LogP) is 1.10. The van der Waals surface area contributed by atoms with Gasteiger partial charge in [0, 0.05) is 25.2 Å². The maximum atomic E-state index is 9.90. The minimum atomic E-state index is -0.525. The van der Waals surface area contributed by atoms with Crippen molar-refractivity contribution in [3.8, 4) is 5.75 Å². The van der Waals surface area contributed by atoms with E-state index in [-0.39, 0.29) is 5.75 Å². The maximum absolute atomic E-state index is 9.90. The summed E-state index contributed by atoms with van der Waals surface area (Å²) in [6.45, 7) is 3.79. The van der Waals surface area contributed by atoms with Gasteiger partial charge in [-0.1, -0.05) is 30.4 Å². The Kier molecular flexibility index (Phi) is 4.75. The SMILES string of the molecule is Oc1ccccc1/C=C\C(O)CN1CCOCC1. The van der Waals surface area contributed by atoms with Crippen LogP contribution in [0.2, 0.25) is 0 Å². The molecule has 1 heterocycles. The smallest absolute Gasteiger partial charge is 0.122 e. The zero-order valence-electron chi connectivity index (χ0n) is 10.3. The fraction of sp³-hybridized carbons (Fsp3) is 0.429. The Balaban J connectivity index is 1.86. The first-order valence-corrected chi connectivity index (χ1v) is 6.20. The quantitative estimate of drug-likeness (QED) is 0.839.